The SMILES string of the molecule is CCC(c1cccc(C(=O)O)c1C(CC)[C@H]1O[C@@H](n2c(=O)sc3cnc(N)nc32)[C@H](CC(=O)OC)S1)[C@H]1O[C@@H](n2c(=O)sc3cnc(N)nc32)[C@H](CC(=O)OC)S1. The van der Waals surface area contributed by atoms with Crippen molar-refractivity contribution < 1.29 is 38.4 Å². The number of carboxylic acids is 1. The van der Waals surface area contributed by atoms with Gasteiger partial charge in [0.25, 0.3) is 0 Å². The van der Waals surface area contributed by atoms with Crippen LogP contribution in [0.2, 0.25) is 0 Å². The molecular formula is C35H38N8O10S4. The van der Waals surface area contributed by atoms with Crippen molar-refractivity contribution in [2.45, 2.75) is 85.2 Å². The second-order valence-electron chi connectivity index (χ2n) is 13.2. The molecule has 2 unspecified atom stereocenters. The van der Waals surface area contributed by atoms with Crippen LogP contribution in [0.4, 0.5) is 11.9 Å². The molecule has 0 aliphatic carbocycles. The summed E-state index contributed by atoms with van der Waals surface area (Å²) in [4.78, 5) is 81.3. The largest absolute Gasteiger partial charge is 0.478 e. The van der Waals surface area contributed by atoms with Crippen molar-refractivity contribution >= 4 is 96.7 Å². The van der Waals surface area contributed by atoms with Gasteiger partial charge in [-0.1, -0.05) is 48.7 Å². The number of ether oxygens (including phenoxy) is 4. The van der Waals surface area contributed by atoms with E-state index in [1.165, 1.54) is 65.3 Å². The van der Waals surface area contributed by atoms with E-state index >= 15 is 0 Å². The highest BCUT2D eigenvalue weighted by atomic mass is 32.2. The number of methoxy groups -OCH3 is 2. The van der Waals surface area contributed by atoms with Crippen LogP contribution in [0, 0.1) is 0 Å². The average Bonchev–Trinajstić information content (AvgIpc) is 3.94. The van der Waals surface area contributed by atoms with Crippen LogP contribution in [-0.2, 0) is 28.5 Å². The van der Waals surface area contributed by atoms with Crippen LogP contribution in [0.5, 0.6) is 0 Å². The van der Waals surface area contributed by atoms with Gasteiger partial charge in [0.1, 0.15) is 10.9 Å². The molecule has 57 heavy (non-hydrogen) atoms. The lowest BCUT2D eigenvalue weighted by atomic mass is 9.82. The van der Waals surface area contributed by atoms with Crippen LogP contribution in [0.25, 0.3) is 20.7 Å². The fourth-order valence-electron chi connectivity index (χ4n) is 7.37. The fourth-order valence-corrected chi connectivity index (χ4v) is 12.2. The Bertz CT molecular complexity index is 2470. The number of thioether (sulfide) groups is 2. The number of nitrogens with two attached hydrogens (primary N) is 2. The van der Waals surface area contributed by atoms with Gasteiger partial charge in [-0.05, 0) is 30.0 Å². The number of anilines is 2. The van der Waals surface area contributed by atoms with E-state index < -0.39 is 68.4 Å². The zero-order valence-corrected chi connectivity index (χ0v) is 34.2. The summed E-state index contributed by atoms with van der Waals surface area (Å²) in [5.41, 5.74) is 12.1. The Balaban J connectivity index is 1.30. The molecule has 5 N–H and O–H groups in total. The van der Waals surface area contributed by atoms with Gasteiger partial charge in [0.15, 0.2) is 23.8 Å². The van der Waals surface area contributed by atoms with E-state index in [0.717, 1.165) is 22.7 Å². The van der Waals surface area contributed by atoms with Crippen molar-refractivity contribution in [2.24, 2.45) is 0 Å². The number of esters is 2. The summed E-state index contributed by atoms with van der Waals surface area (Å²) in [5.74, 6) is -3.30. The third-order valence-electron chi connectivity index (χ3n) is 9.93. The second kappa shape index (κ2) is 16.7. The van der Waals surface area contributed by atoms with Crippen molar-refractivity contribution in [3.63, 3.8) is 0 Å². The number of nitrogen functional groups attached to an aromatic ring is 2. The summed E-state index contributed by atoms with van der Waals surface area (Å²) in [6, 6.07) is 5.05. The highest BCUT2D eigenvalue weighted by Gasteiger charge is 2.47. The third-order valence-corrected chi connectivity index (χ3v) is 14.6. The van der Waals surface area contributed by atoms with Crippen molar-refractivity contribution in [3.8, 4) is 0 Å². The quantitative estimate of drug-likeness (QED) is 0.139. The van der Waals surface area contributed by atoms with Gasteiger partial charge < -0.3 is 35.5 Å². The number of hydrogen-bond acceptors (Lipinski definition) is 19. The van der Waals surface area contributed by atoms with E-state index in [1.807, 2.05) is 19.9 Å². The number of hydrogen-bond donors (Lipinski definition) is 3. The van der Waals surface area contributed by atoms with Crippen LogP contribution >= 0.6 is 46.2 Å². The molecule has 2 aliphatic heterocycles. The summed E-state index contributed by atoms with van der Waals surface area (Å²) >= 11 is 4.50. The van der Waals surface area contributed by atoms with Gasteiger partial charge >= 0.3 is 27.7 Å². The molecule has 2 aliphatic rings. The highest BCUT2D eigenvalue weighted by molar-refractivity contribution is 8.00. The number of carbonyl (C=O) groups excluding carboxylic acids is 2. The number of aromatic nitrogens is 6. The minimum absolute atomic E-state index is 0.0366. The Morgan fingerprint density at radius 3 is 1.72 bits per heavy atom. The molecule has 1 aromatic carbocycles. The standard InChI is InChI=1S/C35H38N8O10S4/c1-5-14(30-52-27(18(54-30)10-22(44)50-3)42-25-20(56-34(42)48)12-38-32(36)40-25)16-8-7-9-17(29(46)47)24(16)15(6-2)31-53-28(19(55-31)11-23(45)51-4)43-26-21(57-35(43)49)13-39-33(37)41-26/h7-9,12-15,18-19,27-28,30-31H,5-6,10-11H2,1-4H3,(H,46,47)(H2,36,38,40)(H2,37,39,41)/t14?,15?,18-,19-,27+,28+,30-,31-/m0/s1. The maximum absolute atomic E-state index is 13.5. The first-order valence-corrected chi connectivity index (χ1v) is 21.3. The third kappa shape index (κ3) is 7.72. The Kier molecular flexibility index (Phi) is 11.9. The number of aromatic carboxylic acids is 1. The molecule has 22 heteroatoms. The molecule has 0 bridgehead atoms. The molecule has 0 radical (unpaired) electrons. The predicted octanol–water partition coefficient (Wildman–Crippen LogP) is 4.31. The van der Waals surface area contributed by atoms with Crippen LogP contribution < -0.4 is 21.2 Å². The molecule has 8 atom stereocenters. The molecule has 18 nitrogen and oxygen atoms in total. The van der Waals surface area contributed by atoms with Crippen LogP contribution in [-0.4, -0.2) is 87.7 Å². The molecule has 4 aromatic heterocycles. The molecule has 5 aromatic rings. The van der Waals surface area contributed by atoms with Crippen molar-refractivity contribution in [1.82, 2.24) is 29.1 Å². The molecular weight excluding hydrogens is 821 g/mol. The Hall–Kier alpha value is -4.61. The van der Waals surface area contributed by atoms with Crippen molar-refractivity contribution in [3.05, 3.63) is 66.6 Å². The lowest BCUT2D eigenvalue weighted by Gasteiger charge is -2.31. The Morgan fingerprint density at radius 1 is 0.807 bits per heavy atom. The monoisotopic (exact) mass is 858 g/mol. The van der Waals surface area contributed by atoms with Gasteiger partial charge in [-0.15, -0.1) is 23.5 Å². The van der Waals surface area contributed by atoms with E-state index in [0.29, 0.717) is 33.4 Å². The highest BCUT2D eigenvalue weighted by Crippen LogP contribution is 2.53. The number of carboxylic acid groups (broad SMARTS) is 1. The zero-order chi connectivity index (χ0) is 40.7. The summed E-state index contributed by atoms with van der Waals surface area (Å²) in [7, 11) is 2.55. The van der Waals surface area contributed by atoms with Gasteiger partial charge in [-0.2, -0.15) is 9.97 Å². The number of rotatable bonds is 13. The van der Waals surface area contributed by atoms with Gasteiger partial charge in [0, 0.05) is 11.8 Å². The predicted molar refractivity (Wildman–Crippen MR) is 215 cm³/mol. The number of nitrogens with zero attached hydrogens (tertiary/aromatic N) is 6. The van der Waals surface area contributed by atoms with Gasteiger partial charge in [0.05, 0.1) is 64.9 Å². The number of benzene rings is 1. The Morgan fingerprint density at radius 2 is 1.28 bits per heavy atom. The van der Waals surface area contributed by atoms with Crippen LogP contribution in [0.15, 0.2) is 40.2 Å². The molecule has 0 amide bonds. The van der Waals surface area contributed by atoms with Crippen LogP contribution in [0.1, 0.15) is 85.3 Å². The summed E-state index contributed by atoms with van der Waals surface area (Å²) in [6.07, 6.45) is 1.64. The lowest BCUT2D eigenvalue weighted by Crippen LogP contribution is -2.29. The maximum atomic E-state index is 13.5. The average molecular weight is 859 g/mol. The van der Waals surface area contributed by atoms with Crippen molar-refractivity contribution in [1.29, 1.82) is 0 Å². The maximum Gasteiger partial charge on any atom is 0.335 e. The van der Waals surface area contributed by atoms with E-state index in [1.54, 1.807) is 6.07 Å². The molecule has 2 fully saturated rings. The zero-order valence-electron chi connectivity index (χ0n) is 30.9. The Labute approximate surface area is 340 Å². The van der Waals surface area contributed by atoms with E-state index in [-0.39, 0.29) is 46.5 Å². The minimum Gasteiger partial charge on any atom is -0.478 e. The van der Waals surface area contributed by atoms with Gasteiger partial charge in [-0.25, -0.2) is 14.8 Å². The van der Waals surface area contributed by atoms with E-state index in [2.05, 4.69) is 19.9 Å². The number of fused-ring (bicyclic) bond motifs is 2. The molecule has 6 heterocycles. The van der Waals surface area contributed by atoms with Gasteiger partial charge in [0.2, 0.25) is 11.9 Å². The summed E-state index contributed by atoms with van der Waals surface area (Å²) in [6.45, 7) is 3.85. The topological polar surface area (TPSA) is 256 Å². The molecule has 0 saturated carbocycles. The normalized spacial score (nSPS) is 23.2. The fraction of sp³-hybridized carbons (Fsp3) is 0.457. The smallest absolute Gasteiger partial charge is 0.335 e. The molecule has 302 valence electrons. The first-order valence-electron chi connectivity index (χ1n) is 17.8. The minimum atomic E-state index is -1.16. The first-order chi connectivity index (χ1) is 27.4. The second-order valence-corrected chi connectivity index (χ2v) is 17.8. The van der Waals surface area contributed by atoms with Gasteiger partial charge in [-0.3, -0.25) is 28.3 Å². The van der Waals surface area contributed by atoms with E-state index in [9.17, 15) is 29.1 Å². The lowest BCUT2D eigenvalue weighted by molar-refractivity contribution is -0.142. The number of thiazole rings is 2. The molecule has 7 rings (SSSR count). The number of carbonyl (C=O) groups is 3. The summed E-state index contributed by atoms with van der Waals surface area (Å²) < 4.78 is 27.2. The van der Waals surface area contributed by atoms with E-state index in [4.69, 9.17) is 30.4 Å². The molecule has 0 spiro atoms. The van der Waals surface area contributed by atoms with Crippen molar-refractivity contribution in [2.75, 3.05) is 25.7 Å². The summed E-state index contributed by atoms with van der Waals surface area (Å²) in [5, 5.41) is 9.42. The van der Waals surface area contributed by atoms with Crippen LogP contribution in [0.3, 0.4) is 0 Å². The first kappa shape index (κ1) is 40.6. The molecule has 2 saturated heterocycles.